The number of benzene rings is 2. The number of nitro benzene ring substituents is 1. The van der Waals surface area contributed by atoms with Gasteiger partial charge in [-0.15, -0.1) is 0 Å². The summed E-state index contributed by atoms with van der Waals surface area (Å²) in [6, 6.07) is 10.0. The Bertz CT molecular complexity index is 652. The predicted molar refractivity (Wildman–Crippen MR) is 75.0 cm³/mol. The van der Waals surface area contributed by atoms with Crippen molar-refractivity contribution in [2.24, 2.45) is 0 Å². The van der Waals surface area contributed by atoms with E-state index in [2.05, 4.69) is 0 Å². The van der Waals surface area contributed by atoms with E-state index in [-0.39, 0.29) is 12.3 Å². The zero-order valence-electron chi connectivity index (χ0n) is 11.3. The Hall–Kier alpha value is -2.40. The largest absolute Gasteiger partial charge is 0.457 e. The number of aliphatic hydroxyl groups is 1. The molecule has 5 heteroatoms. The van der Waals surface area contributed by atoms with Crippen molar-refractivity contribution in [3.05, 3.63) is 63.2 Å². The summed E-state index contributed by atoms with van der Waals surface area (Å²) in [7, 11) is 0. The fourth-order valence-corrected chi connectivity index (χ4v) is 1.94. The lowest BCUT2D eigenvalue weighted by atomic mass is 10.1. The van der Waals surface area contributed by atoms with Crippen LogP contribution in [0.25, 0.3) is 0 Å². The molecule has 0 aliphatic carbocycles. The molecule has 5 nitrogen and oxygen atoms in total. The third-order valence-electron chi connectivity index (χ3n) is 3.09. The number of rotatable bonds is 4. The number of hydrogen-bond acceptors (Lipinski definition) is 4. The van der Waals surface area contributed by atoms with E-state index in [0.29, 0.717) is 17.1 Å². The summed E-state index contributed by atoms with van der Waals surface area (Å²) < 4.78 is 5.67. The van der Waals surface area contributed by atoms with Crippen molar-refractivity contribution in [2.75, 3.05) is 0 Å². The Morgan fingerprint density at radius 2 is 1.70 bits per heavy atom. The van der Waals surface area contributed by atoms with Crippen LogP contribution in [0.4, 0.5) is 5.69 Å². The molecular weight excluding hydrogens is 258 g/mol. The van der Waals surface area contributed by atoms with Crippen molar-refractivity contribution in [1.29, 1.82) is 0 Å². The Balaban J connectivity index is 2.24. The maximum absolute atomic E-state index is 10.7. The molecule has 0 atom stereocenters. The van der Waals surface area contributed by atoms with E-state index < -0.39 is 4.92 Å². The Morgan fingerprint density at radius 1 is 1.10 bits per heavy atom. The molecule has 0 spiro atoms. The average molecular weight is 273 g/mol. The predicted octanol–water partition coefficient (Wildman–Crippen LogP) is 3.50. The number of ether oxygens (including phenoxy) is 1. The summed E-state index contributed by atoms with van der Waals surface area (Å²) in [5.41, 5.74) is 2.40. The van der Waals surface area contributed by atoms with Crippen molar-refractivity contribution >= 4 is 5.69 Å². The van der Waals surface area contributed by atoms with Gasteiger partial charge in [-0.3, -0.25) is 10.1 Å². The van der Waals surface area contributed by atoms with E-state index in [1.54, 1.807) is 31.2 Å². The highest BCUT2D eigenvalue weighted by Crippen LogP contribution is 2.28. The van der Waals surface area contributed by atoms with E-state index in [1.807, 2.05) is 13.0 Å². The van der Waals surface area contributed by atoms with Gasteiger partial charge < -0.3 is 9.84 Å². The number of aryl methyl sites for hydroxylation is 2. The quantitative estimate of drug-likeness (QED) is 0.683. The molecule has 0 saturated carbocycles. The van der Waals surface area contributed by atoms with Crippen LogP contribution in [-0.2, 0) is 6.61 Å². The van der Waals surface area contributed by atoms with Gasteiger partial charge >= 0.3 is 0 Å². The molecule has 0 radical (unpaired) electrons. The highest BCUT2D eigenvalue weighted by Gasteiger charge is 2.11. The molecule has 0 saturated heterocycles. The number of nitrogens with zero attached hydrogens (tertiary/aromatic N) is 1. The molecule has 104 valence electrons. The molecule has 0 aromatic heterocycles. The zero-order valence-corrected chi connectivity index (χ0v) is 11.3. The molecule has 0 aliphatic rings. The van der Waals surface area contributed by atoms with E-state index in [0.717, 1.165) is 11.1 Å². The summed E-state index contributed by atoms with van der Waals surface area (Å²) in [4.78, 5) is 10.3. The smallest absolute Gasteiger partial charge is 0.272 e. The zero-order chi connectivity index (χ0) is 14.7. The number of hydrogen-bond donors (Lipinski definition) is 1. The molecule has 0 unspecified atom stereocenters. The first kappa shape index (κ1) is 14.0. The van der Waals surface area contributed by atoms with Crippen molar-refractivity contribution in [3.8, 4) is 11.5 Å². The Kier molecular flexibility index (Phi) is 4.00. The van der Waals surface area contributed by atoms with Crippen molar-refractivity contribution < 1.29 is 14.8 Å². The van der Waals surface area contributed by atoms with Gasteiger partial charge in [0.15, 0.2) is 0 Å². The van der Waals surface area contributed by atoms with Gasteiger partial charge in [0.05, 0.1) is 11.5 Å². The molecule has 2 aromatic carbocycles. The maximum atomic E-state index is 10.7. The minimum atomic E-state index is -0.417. The van der Waals surface area contributed by atoms with Crippen LogP contribution in [0.1, 0.15) is 16.7 Å². The molecule has 0 amide bonds. The lowest BCUT2D eigenvalue weighted by Crippen LogP contribution is -1.93. The molecule has 20 heavy (non-hydrogen) atoms. The number of aliphatic hydroxyl groups excluding tert-OH is 1. The van der Waals surface area contributed by atoms with Crippen LogP contribution in [0.2, 0.25) is 0 Å². The van der Waals surface area contributed by atoms with Gasteiger partial charge in [0.2, 0.25) is 0 Å². The van der Waals surface area contributed by atoms with Crippen LogP contribution in [0, 0.1) is 24.0 Å². The van der Waals surface area contributed by atoms with Gasteiger partial charge in [-0.2, -0.15) is 0 Å². The van der Waals surface area contributed by atoms with Crippen LogP contribution in [0.15, 0.2) is 36.4 Å². The SMILES string of the molecule is Cc1cc(Oc2ccc([N+](=O)[O-])c(C)c2)ccc1CO. The summed E-state index contributed by atoms with van der Waals surface area (Å²) in [6.07, 6.45) is 0. The fraction of sp³-hybridized carbons (Fsp3) is 0.200. The van der Waals surface area contributed by atoms with Crippen molar-refractivity contribution in [2.45, 2.75) is 20.5 Å². The first-order valence-electron chi connectivity index (χ1n) is 6.14. The second kappa shape index (κ2) is 5.71. The molecule has 0 aliphatic heterocycles. The highest BCUT2D eigenvalue weighted by atomic mass is 16.6. The highest BCUT2D eigenvalue weighted by molar-refractivity contribution is 5.46. The molecule has 1 N–H and O–H groups in total. The van der Waals surface area contributed by atoms with Crippen LogP contribution in [0.5, 0.6) is 11.5 Å². The first-order chi connectivity index (χ1) is 9.51. The van der Waals surface area contributed by atoms with Gasteiger partial charge in [-0.1, -0.05) is 6.07 Å². The minimum Gasteiger partial charge on any atom is -0.457 e. The van der Waals surface area contributed by atoms with Gasteiger partial charge in [-0.25, -0.2) is 0 Å². The van der Waals surface area contributed by atoms with E-state index in [1.165, 1.54) is 6.07 Å². The van der Waals surface area contributed by atoms with Crippen molar-refractivity contribution in [1.82, 2.24) is 0 Å². The lowest BCUT2D eigenvalue weighted by molar-refractivity contribution is -0.385. The average Bonchev–Trinajstić information content (AvgIpc) is 2.38. The normalized spacial score (nSPS) is 10.3. The van der Waals surface area contributed by atoms with Crippen LogP contribution in [-0.4, -0.2) is 10.0 Å². The summed E-state index contributed by atoms with van der Waals surface area (Å²) >= 11 is 0. The second-order valence-corrected chi connectivity index (χ2v) is 4.55. The summed E-state index contributed by atoms with van der Waals surface area (Å²) in [5, 5.41) is 19.9. The standard InChI is InChI=1S/C15H15NO4/c1-10-7-13(4-3-12(10)9-17)20-14-5-6-15(16(18)19)11(2)8-14/h3-8,17H,9H2,1-2H3. The van der Waals surface area contributed by atoms with Gasteiger partial charge in [-0.05, 0) is 49.2 Å². The maximum Gasteiger partial charge on any atom is 0.272 e. The number of nitro groups is 1. The van der Waals surface area contributed by atoms with Gasteiger partial charge in [0, 0.05) is 11.6 Å². The third kappa shape index (κ3) is 2.95. The fourth-order valence-electron chi connectivity index (χ4n) is 1.94. The molecule has 2 aromatic rings. The van der Waals surface area contributed by atoms with Gasteiger partial charge in [0.1, 0.15) is 11.5 Å². The minimum absolute atomic E-state index is 0.0112. The Morgan fingerprint density at radius 3 is 2.20 bits per heavy atom. The summed E-state index contributed by atoms with van der Waals surface area (Å²) in [6.45, 7) is 3.55. The second-order valence-electron chi connectivity index (χ2n) is 4.55. The van der Waals surface area contributed by atoms with Crippen LogP contribution >= 0.6 is 0 Å². The molecular formula is C15H15NO4. The van der Waals surface area contributed by atoms with E-state index in [4.69, 9.17) is 9.84 Å². The first-order valence-corrected chi connectivity index (χ1v) is 6.14. The molecule has 2 rings (SSSR count). The summed E-state index contributed by atoms with van der Waals surface area (Å²) in [5.74, 6) is 1.18. The molecule has 0 heterocycles. The molecule has 0 bridgehead atoms. The van der Waals surface area contributed by atoms with E-state index in [9.17, 15) is 10.1 Å². The monoisotopic (exact) mass is 273 g/mol. The van der Waals surface area contributed by atoms with Gasteiger partial charge in [0.25, 0.3) is 5.69 Å². The lowest BCUT2D eigenvalue weighted by Gasteiger charge is -2.09. The van der Waals surface area contributed by atoms with E-state index >= 15 is 0 Å². The van der Waals surface area contributed by atoms with Crippen molar-refractivity contribution in [3.63, 3.8) is 0 Å². The van der Waals surface area contributed by atoms with Crippen LogP contribution in [0.3, 0.4) is 0 Å². The molecule has 0 fully saturated rings. The third-order valence-corrected chi connectivity index (χ3v) is 3.09. The Labute approximate surface area is 116 Å². The topological polar surface area (TPSA) is 72.6 Å². The van der Waals surface area contributed by atoms with Crippen LogP contribution < -0.4 is 4.74 Å².